The number of carbonyl (C=O) groups is 1. The molecule has 0 bridgehead atoms. The molecule has 2 atom stereocenters. The molecule has 3 heterocycles. The minimum atomic E-state index is -0.242. The molecule has 1 saturated heterocycles. The zero-order valence-corrected chi connectivity index (χ0v) is 13.1. The number of hydrogen-bond donors (Lipinski definition) is 1. The molecule has 1 aliphatic heterocycles. The van der Waals surface area contributed by atoms with Crippen molar-refractivity contribution < 1.29 is 9.21 Å². The Bertz CT molecular complexity index is 662. The fourth-order valence-corrected chi connectivity index (χ4v) is 2.84. The third kappa shape index (κ3) is 2.84. The minimum Gasteiger partial charge on any atom is -0.444 e. The van der Waals surface area contributed by atoms with Crippen molar-refractivity contribution in [3.05, 3.63) is 36.1 Å². The minimum absolute atomic E-state index is 0.0833. The van der Waals surface area contributed by atoms with Gasteiger partial charge in [-0.2, -0.15) is 0 Å². The van der Waals surface area contributed by atoms with Crippen molar-refractivity contribution in [1.29, 1.82) is 0 Å². The molecule has 2 amide bonds. The number of imidazole rings is 1. The van der Waals surface area contributed by atoms with E-state index in [9.17, 15) is 4.79 Å². The second-order valence-electron chi connectivity index (χ2n) is 5.81. The Morgan fingerprint density at radius 1 is 1.50 bits per heavy atom. The van der Waals surface area contributed by atoms with Crippen LogP contribution >= 0.6 is 0 Å². The van der Waals surface area contributed by atoms with E-state index in [4.69, 9.17) is 4.42 Å². The number of rotatable bonds is 3. The average molecular weight is 303 g/mol. The van der Waals surface area contributed by atoms with Gasteiger partial charge in [0.25, 0.3) is 0 Å². The number of oxazole rings is 1. The molecule has 2 unspecified atom stereocenters. The van der Waals surface area contributed by atoms with Gasteiger partial charge in [0.1, 0.15) is 17.6 Å². The van der Waals surface area contributed by atoms with Crippen LogP contribution < -0.4 is 5.32 Å². The monoisotopic (exact) mass is 303 g/mol. The van der Waals surface area contributed by atoms with Crippen molar-refractivity contribution in [2.75, 3.05) is 13.1 Å². The summed E-state index contributed by atoms with van der Waals surface area (Å²) in [6, 6.07) is -0.325. The highest BCUT2D eigenvalue weighted by atomic mass is 16.4. The van der Waals surface area contributed by atoms with Gasteiger partial charge in [-0.15, -0.1) is 0 Å². The number of amides is 2. The van der Waals surface area contributed by atoms with E-state index in [1.807, 2.05) is 36.6 Å². The number of aromatic nitrogens is 3. The Morgan fingerprint density at radius 3 is 2.95 bits per heavy atom. The summed E-state index contributed by atoms with van der Waals surface area (Å²) in [6.45, 7) is 5.13. The lowest BCUT2D eigenvalue weighted by molar-refractivity contribution is 0.202. The third-order valence-electron chi connectivity index (χ3n) is 4.05. The normalized spacial score (nSPS) is 19.4. The van der Waals surface area contributed by atoms with Gasteiger partial charge in [-0.25, -0.2) is 14.8 Å². The van der Waals surface area contributed by atoms with E-state index in [1.54, 1.807) is 12.4 Å². The fraction of sp³-hybridized carbons (Fsp3) is 0.533. The van der Waals surface area contributed by atoms with Gasteiger partial charge in [0, 0.05) is 38.4 Å². The van der Waals surface area contributed by atoms with E-state index in [0.717, 1.165) is 24.6 Å². The maximum atomic E-state index is 12.4. The van der Waals surface area contributed by atoms with Crippen molar-refractivity contribution in [2.45, 2.75) is 32.2 Å². The summed E-state index contributed by atoms with van der Waals surface area (Å²) in [5.74, 6) is 2.61. The van der Waals surface area contributed by atoms with Gasteiger partial charge < -0.3 is 19.2 Å². The van der Waals surface area contributed by atoms with Crippen LogP contribution in [0, 0.1) is 6.92 Å². The van der Waals surface area contributed by atoms with Crippen LogP contribution in [0.2, 0.25) is 0 Å². The summed E-state index contributed by atoms with van der Waals surface area (Å²) in [7, 11) is 1.98. The zero-order chi connectivity index (χ0) is 15.7. The Morgan fingerprint density at radius 2 is 2.32 bits per heavy atom. The Kier molecular flexibility index (Phi) is 3.87. The number of nitrogens with zero attached hydrogens (tertiary/aromatic N) is 4. The molecule has 1 fully saturated rings. The molecule has 118 valence electrons. The van der Waals surface area contributed by atoms with E-state index in [-0.39, 0.29) is 12.1 Å². The van der Waals surface area contributed by atoms with Crippen molar-refractivity contribution in [1.82, 2.24) is 24.8 Å². The smallest absolute Gasteiger partial charge is 0.318 e. The number of likely N-dealkylation sites (tertiary alicyclic amines) is 1. The van der Waals surface area contributed by atoms with Crippen LogP contribution in [0.3, 0.4) is 0 Å². The lowest BCUT2D eigenvalue weighted by Gasteiger charge is -2.19. The van der Waals surface area contributed by atoms with E-state index < -0.39 is 0 Å². The second-order valence-corrected chi connectivity index (χ2v) is 5.81. The highest BCUT2D eigenvalue weighted by Gasteiger charge is 2.30. The molecule has 0 spiro atoms. The number of carbonyl (C=O) groups excluding carboxylic acids is 1. The summed E-state index contributed by atoms with van der Waals surface area (Å²) < 4.78 is 7.46. The van der Waals surface area contributed by atoms with Crippen LogP contribution in [-0.2, 0) is 7.05 Å². The van der Waals surface area contributed by atoms with E-state index in [0.29, 0.717) is 18.4 Å². The van der Waals surface area contributed by atoms with Crippen molar-refractivity contribution >= 4 is 6.03 Å². The molecule has 0 radical (unpaired) electrons. The molecule has 0 saturated carbocycles. The number of nitrogens with one attached hydrogen (secondary N) is 1. The van der Waals surface area contributed by atoms with Crippen LogP contribution in [0.5, 0.6) is 0 Å². The predicted molar refractivity (Wildman–Crippen MR) is 80.3 cm³/mol. The molecule has 0 aromatic carbocycles. The highest BCUT2D eigenvalue weighted by molar-refractivity contribution is 5.75. The molecule has 2 aromatic rings. The zero-order valence-electron chi connectivity index (χ0n) is 13.1. The first-order chi connectivity index (χ1) is 10.5. The van der Waals surface area contributed by atoms with Gasteiger partial charge >= 0.3 is 6.03 Å². The fourth-order valence-electron chi connectivity index (χ4n) is 2.84. The van der Waals surface area contributed by atoms with Gasteiger partial charge in [0.15, 0.2) is 0 Å². The van der Waals surface area contributed by atoms with E-state index in [2.05, 4.69) is 15.3 Å². The SMILES string of the molecule is Cc1cnc(C(C)NC(=O)N2CCC(c3nccn3C)C2)o1. The lowest BCUT2D eigenvalue weighted by atomic mass is 10.1. The Hall–Kier alpha value is -2.31. The van der Waals surface area contributed by atoms with Gasteiger partial charge in [-0.05, 0) is 20.3 Å². The standard InChI is InChI=1S/C15H21N5O2/c1-10-8-17-14(22-10)11(2)18-15(21)20-6-4-12(9-20)13-16-5-7-19(13)3/h5,7-8,11-12H,4,6,9H2,1-3H3,(H,18,21). The summed E-state index contributed by atoms with van der Waals surface area (Å²) in [5, 5.41) is 2.94. The van der Waals surface area contributed by atoms with Gasteiger partial charge in [0.2, 0.25) is 5.89 Å². The Balaban J connectivity index is 1.59. The first-order valence-electron chi connectivity index (χ1n) is 7.49. The molecule has 0 aliphatic carbocycles. The first-order valence-corrected chi connectivity index (χ1v) is 7.49. The largest absolute Gasteiger partial charge is 0.444 e. The number of aryl methyl sites for hydroxylation is 2. The van der Waals surface area contributed by atoms with Crippen LogP contribution in [-0.4, -0.2) is 38.6 Å². The van der Waals surface area contributed by atoms with Gasteiger partial charge in [-0.3, -0.25) is 0 Å². The van der Waals surface area contributed by atoms with Gasteiger partial charge in [0.05, 0.1) is 6.20 Å². The van der Waals surface area contributed by atoms with Crippen LogP contribution in [0.1, 0.15) is 42.8 Å². The van der Waals surface area contributed by atoms with E-state index >= 15 is 0 Å². The molecule has 7 heteroatoms. The maximum Gasteiger partial charge on any atom is 0.318 e. The number of hydrogen-bond acceptors (Lipinski definition) is 4. The van der Waals surface area contributed by atoms with Gasteiger partial charge in [-0.1, -0.05) is 0 Å². The molecule has 22 heavy (non-hydrogen) atoms. The second kappa shape index (κ2) is 5.82. The van der Waals surface area contributed by atoms with Crippen molar-refractivity contribution in [3.63, 3.8) is 0 Å². The average Bonchev–Trinajstić information content (AvgIpc) is 3.18. The summed E-state index contributed by atoms with van der Waals surface area (Å²) in [4.78, 5) is 22.7. The molecule has 7 nitrogen and oxygen atoms in total. The summed E-state index contributed by atoms with van der Waals surface area (Å²) in [5.41, 5.74) is 0. The highest BCUT2D eigenvalue weighted by Crippen LogP contribution is 2.26. The maximum absolute atomic E-state index is 12.4. The van der Waals surface area contributed by atoms with Crippen LogP contribution in [0.25, 0.3) is 0 Å². The molecule has 2 aromatic heterocycles. The first kappa shape index (κ1) is 14.6. The molecule has 1 aliphatic rings. The topological polar surface area (TPSA) is 76.2 Å². The molecular weight excluding hydrogens is 282 g/mol. The molecular formula is C15H21N5O2. The third-order valence-corrected chi connectivity index (χ3v) is 4.05. The van der Waals surface area contributed by atoms with Crippen molar-refractivity contribution in [2.24, 2.45) is 7.05 Å². The van der Waals surface area contributed by atoms with Crippen molar-refractivity contribution in [3.8, 4) is 0 Å². The number of urea groups is 1. The Labute approximate surface area is 129 Å². The molecule has 1 N–H and O–H groups in total. The quantitative estimate of drug-likeness (QED) is 0.940. The predicted octanol–water partition coefficient (Wildman–Crippen LogP) is 1.98. The summed E-state index contributed by atoms with van der Waals surface area (Å²) in [6.07, 6.45) is 6.33. The van der Waals surface area contributed by atoms with Crippen LogP contribution in [0.4, 0.5) is 4.79 Å². The van der Waals surface area contributed by atoms with E-state index in [1.165, 1.54) is 0 Å². The summed E-state index contributed by atoms with van der Waals surface area (Å²) >= 11 is 0. The lowest BCUT2D eigenvalue weighted by Crippen LogP contribution is -2.39. The van der Waals surface area contributed by atoms with Crippen LogP contribution in [0.15, 0.2) is 23.0 Å². The molecule has 3 rings (SSSR count).